The fourth-order valence-electron chi connectivity index (χ4n) is 2.47. The minimum absolute atomic E-state index is 0.000229. The average molecular weight is 254 g/mol. The molecule has 3 rings (SSSR count). The van der Waals surface area contributed by atoms with Gasteiger partial charge in [0.25, 0.3) is 0 Å². The van der Waals surface area contributed by atoms with E-state index in [2.05, 4.69) is 0 Å². The molecule has 1 aliphatic rings. The third-order valence-corrected chi connectivity index (χ3v) is 3.49. The van der Waals surface area contributed by atoms with E-state index in [1.54, 1.807) is 12.1 Å². The maximum atomic E-state index is 12.2. The zero-order valence-corrected chi connectivity index (χ0v) is 10.4. The molecule has 0 bridgehead atoms. The molecular formula is C16H14O3. The largest absolute Gasteiger partial charge is 0.479 e. The molecule has 1 aliphatic heterocycles. The Morgan fingerprint density at radius 2 is 1.74 bits per heavy atom. The molecule has 2 aromatic carbocycles. The van der Waals surface area contributed by atoms with Crippen molar-refractivity contribution in [2.24, 2.45) is 0 Å². The SMILES string of the molecule is O=C1CC(CO)(c2ccccc2)Oc2ccccc21. The number of carbonyl (C=O) groups excluding carboxylic acids is 1. The van der Waals surface area contributed by atoms with Gasteiger partial charge in [0, 0.05) is 0 Å². The Morgan fingerprint density at radius 1 is 1.05 bits per heavy atom. The van der Waals surface area contributed by atoms with Gasteiger partial charge in [-0.25, -0.2) is 0 Å². The quantitative estimate of drug-likeness (QED) is 0.895. The summed E-state index contributed by atoms with van der Waals surface area (Å²) in [5, 5.41) is 9.76. The summed E-state index contributed by atoms with van der Waals surface area (Å²) in [6.07, 6.45) is 0.157. The van der Waals surface area contributed by atoms with E-state index < -0.39 is 5.60 Å². The van der Waals surface area contributed by atoms with Gasteiger partial charge in [-0.1, -0.05) is 42.5 Å². The zero-order chi connectivity index (χ0) is 13.3. The molecular weight excluding hydrogens is 240 g/mol. The summed E-state index contributed by atoms with van der Waals surface area (Å²) in [4.78, 5) is 12.2. The third-order valence-electron chi connectivity index (χ3n) is 3.49. The lowest BCUT2D eigenvalue weighted by atomic mass is 9.85. The predicted octanol–water partition coefficient (Wildman–Crippen LogP) is 2.54. The highest BCUT2D eigenvalue weighted by molar-refractivity contribution is 6.00. The molecule has 0 spiro atoms. The van der Waals surface area contributed by atoms with Gasteiger partial charge in [-0.05, 0) is 17.7 Å². The molecule has 96 valence electrons. The molecule has 0 saturated carbocycles. The van der Waals surface area contributed by atoms with E-state index in [0.717, 1.165) is 5.56 Å². The second-order valence-corrected chi connectivity index (χ2v) is 4.72. The number of hydrogen-bond donors (Lipinski definition) is 1. The maximum Gasteiger partial charge on any atom is 0.171 e. The van der Waals surface area contributed by atoms with E-state index in [0.29, 0.717) is 11.3 Å². The van der Waals surface area contributed by atoms with E-state index >= 15 is 0 Å². The lowest BCUT2D eigenvalue weighted by Crippen LogP contribution is -2.42. The van der Waals surface area contributed by atoms with Crippen LogP contribution in [0.15, 0.2) is 54.6 Å². The van der Waals surface area contributed by atoms with Crippen LogP contribution >= 0.6 is 0 Å². The summed E-state index contributed by atoms with van der Waals surface area (Å²) < 4.78 is 5.95. The van der Waals surface area contributed by atoms with Crippen LogP contribution in [0.4, 0.5) is 0 Å². The number of hydrogen-bond acceptors (Lipinski definition) is 3. The van der Waals surface area contributed by atoms with Crippen LogP contribution in [0.1, 0.15) is 22.3 Å². The molecule has 0 aromatic heterocycles. The Kier molecular flexibility index (Phi) is 2.84. The highest BCUT2D eigenvalue weighted by Crippen LogP contribution is 2.39. The van der Waals surface area contributed by atoms with Crippen LogP contribution < -0.4 is 4.74 Å². The fourth-order valence-corrected chi connectivity index (χ4v) is 2.47. The Labute approximate surface area is 111 Å². The maximum absolute atomic E-state index is 12.2. The Hall–Kier alpha value is -2.13. The van der Waals surface area contributed by atoms with Crippen LogP contribution in [-0.2, 0) is 5.60 Å². The van der Waals surface area contributed by atoms with Gasteiger partial charge in [-0.3, -0.25) is 4.79 Å². The minimum atomic E-state index is -0.966. The first-order valence-electron chi connectivity index (χ1n) is 6.23. The van der Waals surface area contributed by atoms with Crippen molar-refractivity contribution in [2.75, 3.05) is 6.61 Å². The van der Waals surface area contributed by atoms with Gasteiger partial charge in [0.15, 0.2) is 11.4 Å². The van der Waals surface area contributed by atoms with Gasteiger partial charge in [0.2, 0.25) is 0 Å². The summed E-state index contributed by atoms with van der Waals surface area (Å²) in [6.45, 7) is -0.225. The number of ketones is 1. The number of aliphatic hydroxyl groups excluding tert-OH is 1. The van der Waals surface area contributed by atoms with E-state index in [1.807, 2.05) is 42.5 Å². The van der Waals surface area contributed by atoms with Crippen molar-refractivity contribution in [3.05, 3.63) is 65.7 Å². The van der Waals surface area contributed by atoms with Crippen molar-refractivity contribution in [3.63, 3.8) is 0 Å². The molecule has 0 radical (unpaired) electrons. The van der Waals surface area contributed by atoms with Gasteiger partial charge < -0.3 is 9.84 Å². The number of Topliss-reactive ketones (excluding diaryl/α,β-unsaturated/α-hetero) is 1. The van der Waals surface area contributed by atoms with Crippen molar-refractivity contribution in [1.29, 1.82) is 0 Å². The number of benzene rings is 2. The minimum Gasteiger partial charge on any atom is -0.479 e. The molecule has 1 N–H and O–H groups in total. The lowest BCUT2D eigenvalue weighted by molar-refractivity contribution is -0.00672. The highest BCUT2D eigenvalue weighted by atomic mass is 16.5. The fraction of sp³-hybridized carbons (Fsp3) is 0.188. The van der Waals surface area contributed by atoms with Crippen molar-refractivity contribution >= 4 is 5.78 Å². The molecule has 2 aromatic rings. The normalized spacial score (nSPS) is 21.6. The molecule has 3 heteroatoms. The summed E-state index contributed by atoms with van der Waals surface area (Å²) in [6, 6.07) is 16.5. The first-order chi connectivity index (χ1) is 9.25. The second-order valence-electron chi connectivity index (χ2n) is 4.72. The predicted molar refractivity (Wildman–Crippen MR) is 71.2 cm³/mol. The molecule has 3 nitrogen and oxygen atoms in total. The van der Waals surface area contributed by atoms with E-state index in [4.69, 9.17) is 4.74 Å². The summed E-state index contributed by atoms with van der Waals surface area (Å²) in [5.41, 5.74) is 0.440. The van der Waals surface area contributed by atoms with Gasteiger partial charge in [-0.2, -0.15) is 0 Å². The van der Waals surface area contributed by atoms with Crippen LogP contribution in [0.5, 0.6) is 5.75 Å². The monoisotopic (exact) mass is 254 g/mol. The number of carbonyl (C=O) groups is 1. The van der Waals surface area contributed by atoms with Crippen LogP contribution in [0.3, 0.4) is 0 Å². The molecule has 0 saturated heterocycles. The number of fused-ring (bicyclic) bond motifs is 1. The number of para-hydroxylation sites is 1. The zero-order valence-electron chi connectivity index (χ0n) is 10.4. The Bertz CT molecular complexity index is 606. The molecule has 0 fully saturated rings. The standard InChI is InChI=1S/C16H14O3/c17-11-16(12-6-2-1-3-7-12)10-14(18)13-8-4-5-9-15(13)19-16/h1-9,17H,10-11H2. The molecule has 1 unspecified atom stereocenters. The van der Waals surface area contributed by atoms with Gasteiger partial charge in [-0.15, -0.1) is 0 Å². The second kappa shape index (κ2) is 4.52. The van der Waals surface area contributed by atoms with Crippen molar-refractivity contribution in [2.45, 2.75) is 12.0 Å². The van der Waals surface area contributed by atoms with E-state index in [9.17, 15) is 9.90 Å². The van der Waals surface area contributed by atoms with Crippen LogP contribution in [0.25, 0.3) is 0 Å². The van der Waals surface area contributed by atoms with Gasteiger partial charge >= 0.3 is 0 Å². The van der Waals surface area contributed by atoms with Crippen molar-refractivity contribution < 1.29 is 14.6 Å². The number of ether oxygens (including phenoxy) is 1. The van der Waals surface area contributed by atoms with Crippen molar-refractivity contribution in [1.82, 2.24) is 0 Å². The Balaban J connectivity index is 2.09. The molecule has 0 aliphatic carbocycles. The number of rotatable bonds is 2. The van der Waals surface area contributed by atoms with E-state index in [1.165, 1.54) is 0 Å². The first-order valence-corrected chi connectivity index (χ1v) is 6.23. The summed E-state index contributed by atoms with van der Waals surface area (Å²) in [5.74, 6) is 0.538. The smallest absolute Gasteiger partial charge is 0.171 e. The van der Waals surface area contributed by atoms with Crippen LogP contribution in [0.2, 0.25) is 0 Å². The first kappa shape index (κ1) is 11.9. The van der Waals surface area contributed by atoms with Gasteiger partial charge in [0.1, 0.15) is 5.75 Å². The average Bonchev–Trinajstić information content (AvgIpc) is 2.48. The summed E-state index contributed by atoms with van der Waals surface area (Å²) in [7, 11) is 0. The summed E-state index contributed by atoms with van der Waals surface area (Å²) >= 11 is 0. The van der Waals surface area contributed by atoms with Crippen LogP contribution in [0, 0.1) is 0 Å². The molecule has 1 heterocycles. The topological polar surface area (TPSA) is 46.5 Å². The Morgan fingerprint density at radius 3 is 2.47 bits per heavy atom. The highest BCUT2D eigenvalue weighted by Gasteiger charge is 2.41. The number of aliphatic hydroxyl groups is 1. The van der Waals surface area contributed by atoms with Crippen LogP contribution in [-0.4, -0.2) is 17.5 Å². The van der Waals surface area contributed by atoms with E-state index in [-0.39, 0.29) is 18.8 Å². The molecule has 19 heavy (non-hydrogen) atoms. The molecule has 1 atom stereocenters. The third kappa shape index (κ3) is 1.92. The molecule has 0 amide bonds. The lowest BCUT2D eigenvalue weighted by Gasteiger charge is -2.36. The van der Waals surface area contributed by atoms with Gasteiger partial charge in [0.05, 0.1) is 18.6 Å². The van der Waals surface area contributed by atoms with Crippen molar-refractivity contribution in [3.8, 4) is 5.75 Å².